The van der Waals surface area contributed by atoms with Gasteiger partial charge in [-0.1, -0.05) is 310 Å². The molecule has 6 heteroatoms. The van der Waals surface area contributed by atoms with E-state index in [-0.39, 0.29) is 31.1 Å². The molecule has 0 aromatic carbocycles. The predicted octanol–water partition coefficient (Wildman–Crippen LogP) is 19.9. The maximum Gasteiger partial charge on any atom is 0.306 e. The fourth-order valence-electron chi connectivity index (χ4n) is 9.33. The second kappa shape index (κ2) is 56.0. The first-order valence-corrected chi connectivity index (χ1v) is 30.0. The molecule has 0 radical (unpaired) electrons. The molecule has 1 atom stereocenters. The van der Waals surface area contributed by atoms with E-state index in [1.54, 1.807) is 0 Å². The number of rotatable bonds is 56. The minimum Gasteiger partial charge on any atom is -0.462 e. The smallest absolute Gasteiger partial charge is 0.306 e. The predicted molar refractivity (Wildman–Crippen MR) is 284 cm³/mol. The second-order valence-corrected chi connectivity index (χ2v) is 20.6. The van der Waals surface area contributed by atoms with Gasteiger partial charge in [0, 0.05) is 19.3 Å². The van der Waals surface area contributed by atoms with Gasteiger partial charge in [-0.05, 0) is 19.3 Å². The third-order valence-electron chi connectivity index (χ3n) is 13.9. The lowest BCUT2D eigenvalue weighted by Crippen LogP contribution is -2.30. The molecular weight excluding hydrogens is 817 g/mol. The molecule has 0 aromatic heterocycles. The highest BCUT2D eigenvalue weighted by Gasteiger charge is 2.19. The summed E-state index contributed by atoms with van der Waals surface area (Å²) in [7, 11) is 0. The minimum atomic E-state index is -0.758. The van der Waals surface area contributed by atoms with E-state index in [2.05, 4.69) is 20.8 Å². The van der Waals surface area contributed by atoms with Gasteiger partial charge in [0.05, 0.1) is 0 Å². The Kier molecular flexibility index (Phi) is 54.7. The fourth-order valence-corrected chi connectivity index (χ4v) is 9.33. The van der Waals surface area contributed by atoms with E-state index in [0.29, 0.717) is 19.3 Å². The summed E-state index contributed by atoms with van der Waals surface area (Å²) in [6.07, 6.45) is 63.1. The molecule has 6 nitrogen and oxygen atoms in total. The van der Waals surface area contributed by atoms with Crippen LogP contribution in [-0.4, -0.2) is 37.2 Å². The second-order valence-electron chi connectivity index (χ2n) is 20.6. The van der Waals surface area contributed by atoms with Crippen LogP contribution in [-0.2, 0) is 28.6 Å². The summed E-state index contributed by atoms with van der Waals surface area (Å²) in [5.74, 6) is -0.852. The molecule has 0 aliphatic rings. The van der Waals surface area contributed by atoms with Crippen molar-refractivity contribution in [3.05, 3.63) is 0 Å². The molecule has 0 heterocycles. The summed E-state index contributed by atoms with van der Waals surface area (Å²) in [5, 5.41) is 0. The molecular formula is C60H116O6. The minimum absolute atomic E-state index is 0.0628. The van der Waals surface area contributed by atoms with Crippen LogP contribution in [0.2, 0.25) is 0 Å². The van der Waals surface area contributed by atoms with Crippen LogP contribution in [0.5, 0.6) is 0 Å². The van der Waals surface area contributed by atoms with Crippen LogP contribution in [0.1, 0.15) is 348 Å². The number of carbonyl (C=O) groups excluding carboxylic acids is 3. The van der Waals surface area contributed by atoms with E-state index in [9.17, 15) is 14.4 Å². The Morgan fingerprint density at radius 2 is 0.409 bits per heavy atom. The summed E-state index contributed by atoms with van der Waals surface area (Å²) in [6.45, 7) is 6.63. The van der Waals surface area contributed by atoms with E-state index in [1.165, 1.54) is 250 Å². The molecule has 392 valence electrons. The number of esters is 3. The largest absolute Gasteiger partial charge is 0.462 e. The molecule has 0 N–H and O–H groups in total. The average molecular weight is 934 g/mol. The number of hydrogen-bond donors (Lipinski definition) is 0. The third-order valence-corrected chi connectivity index (χ3v) is 13.9. The van der Waals surface area contributed by atoms with Crippen LogP contribution in [0.4, 0.5) is 0 Å². The Labute approximate surface area is 412 Å². The van der Waals surface area contributed by atoms with Crippen molar-refractivity contribution in [2.45, 2.75) is 354 Å². The van der Waals surface area contributed by atoms with Gasteiger partial charge in [0.15, 0.2) is 6.10 Å². The van der Waals surface area contributed by atoms with Crippen molar-refractivity contribution in [1.29, 1.82) is 0 Å². The number of hydrogen-bond acceptors (Lipinski definition) is 6. The fraction of sp³-hybridized carbons (Fsp3) is 0.950. The Bertz CT molecular complexity index is 982. The molecule has 0 aliphatic heterocycles. The van der Waals surface area contributed by atoms with Crippen molar-refractivity contribution in [3.8, 4) is 0 Å². The van der Waals surface area contributed by atoms with E-state index in [4.69, 9.17) is 14.2 Å². The molecule has 0 bridgehead atoms. The van der Waals surface area contributed by atoms with E-state index in [1.807, 2.05) is 0 Å². The Balaban J connectivity index is 3.82. The Hall–Kier alpha value is -1.59. The van der Waals surface area contributed by atoms with Crippen molar-refractivity contribution >= 4 is 17.9 Å². The van der Waals surface area contributed by atoms with Crippen LogP contribution in [0, 0.1) is 0 Å². The SMILES string of the molecule is CCCCCCCCCCCCCCCCCCCCCCCCCCCCCCCCCCC(=O)OCC(COC(=O)CCCCCCCCCC)OC(=O)CCCCCCCCCC. The molecule has 0 fully saturated rings. The molecule has 0 amide bonds. The highest BCUT2D eigenvalue weighted by atomic mass is 16.6. The summed E-state index contributed by atoms with van der Waals surface area (Å²) < 4.78 is 16.7. The van der Waals surface area contributed by atoms with Crippen molar-refractivity contribution < 1.29 is 28.6 Å². The van der Waals surface area contributed by atoms with Gasteiger partial charge < -0.3 is 14.2 Å². The van der Waals surface area contributed by atoms with E-state index in [0.717, 1.165) is 57.8 Å². The molecule has 0 saturated carbocycles. The van der Waals surface area contributed by atoms with E-state index >= 15 is 0 Å². The van der Waals surface area contributed by atoms with Crippen LogP contribution in [0.25, 0.3) is 0 Å². The molecule has 0 rings (SSSR count). The number of carbonyl (C=O) groups is 3. The first kappa shape index (κ1) is 64.4. The number of unbranched alkanes of at least 4 members (excludes halogenated alkanes) is 45. The zero-order valence-corrected chi connectivity index (χ0v) is 45.0. The molecule has 0 spiro atoms. The van der Waals surface area contributed by atoms with Gasteiger partial charge in [-0.15, -0.1) is 0 Å². The van der Waals surface area contributed by atoms with Gasteiger partial charge in [0.1, 0.15) is 13.2 Å². The normalized spacial score (nSPS) is 11.9. The van der Waals surface area contributed by atoms with Crippen LogP contribution in [0.15, 0.2) is 0 Å². The van der Waals surface area contributed by atoms with Gasteiger partial charge in [0.25, 0.3) is 0 Å². The Morgan fingerprint density at radius 1 is 0.242 bits per heavy atom. The topological polar surface area (TPSA) is 78.9 Å². The molecule has 1 unspecified atom stereocenters. The molecule has 0 aliphatic carbocycles. The summed E-state index contributed by atoms with van der Waals surface area (Å²) in [6, 6.07) is 0. The summed E-state index contributed by atoms with van der Waals surface area (Å²) >= 11 is 0. The quantitative estimate of drug-likeness (QED) is 0.0343. The van der Waals surface area contributed by atoms with Gasteiger partial charge in [-0.3, -0.25) is 14.4 Å². The van der Waals surface area contributed by atoms with Gasteiger partial charge in [0.2, 0.25) is 0 Å². The van der Waals surface area contributed by atoms with Crippen LogP contribution in [0.3, 0.4) is 0 Å². The highest BCUT2D eigenvalue weighted by Crippen LogP contribution is 2.18. The van der Waals surface area contributed by atoms with Crippen molar-refractivity contribution in [3.63, 3.8) is 0 Å². The molecule has 0 aromatic rings. The van der Waals surface area contributed by atoms with Crippen LogP contribution < -0.4 is 0 Å². The first-order valence-electron chi connectivity index (χ1n) is 30.0. The summed E-state index contributed by atoms with van der Waals surface area (Å²) in [5.41, 5.74) is 0. The lowest BCUT2D eigenvalue weighted by atomic mass is 10.0. The van der Waals surface area contributed by atoms with Gasteiger partial charge >= 0.3 is 17.9 Å². The zero-order chi connectivity index (χ0) is 47.9. The maximum atomic E-state index is 12.7. The van der Waals surface area contributed by atoms with Crippen molar-refractivity contribution in [1.82, 2.24) is 0 Å². The Morgan fingerprint density at radius 3 is 0.606 bits per heavy atom. The van der Waals surface area contributed by atoms with Gasteiger partial charge in [-0.25, -0.2) is 0 Å². The van der Waals surface area contributed by atoms with Crippen molar-refractivity contribution in [2.75, 3.05) is 13.2 Å². The third kappa shape index (κ3) is 53.4. The maximum absolute atomic E-state index is 12.7. The lowest BCUT2D eigenvalue weighted by molar-refractivity contribution is -0.167. The average Bonchev–Trinajstić information content (AvgIpc) is 3.31. The highest BCUT2D eigenvalue weighted by molar-refractivity contribution is 5.71. The van der Waals surface area contributed by atoms with Crippen molar-refractivity contribution in [2.24, 2.45) is 0 Å². The van der Waals surface area contributed by atoms with Gasteiger partial charge in [-0.2, -0.15) is 0 Å². The lowest BCUT2D eigenvalue weighted by Gasteiger charge is -2.18. The first-order chi connectivity index (χ1) is 32.5. The van der Waals surface area contributed by atoms with Crippen LogP contribution >= 0.6 is 0 Å². The summed E-state index contributed by atoms with van der Waals surface area (Å²) in [4.78, 5) is 37.7. The monoisotopic (exact) mass is 933 g/mol. The molecule has 0 saturated heterocycles. The zero-order valence-electron chi connectivity index (χ0n) is 45.0. The number of ether oxygens (including phenoxy) is 3. The molecule has 66 heavy (non-hydrogen) atoms. The van der Waals surface area contributed by atoms with E-state index < -0.39 is 6.10 Å². The standard InChI is InChI=1S/C60H116O6/c1-4-7-10-13-16-19-20-21-22-23-24-25-26-27-28-29-30-31-32-33-34-35-36-37-38-39-40-41-42-45-47-50-53-59(62)65-56-57(66-60(63)54-51-48-44-18-15-12-9-6-3)55-64-58(61)52-49-46-43-17-14-11-8-5-2/h57H,4-56H2,1-3H3.